The van der Waals surface area contributed by atoms with Crippen molar-refractivity contribution in [2.75, 3.05) is 18.4 Å². The number of benzene rings is 2. The van der Waals surface area contributed by atoms with Crippen molar-refractivity contribution in [3.05, 3.63) is 64.9 Å². The Labute approximate surface area is 146 Å². The maximum atomic E-state index is 13.7. The third-order valence-electron chi connectivity index (χ3n) is 4.42. The van der Waals surface area contributed by atoms with Gasteiger partial charge in [-0.15, -0.1) is 0 Å². The molecule has 2 aromatic rings. The van der Waals surface area contributed by atoms with Gasteiger partial charge < -0.3 is 10.2 Å². The molecule has 0 aliphatic carbocycles. The lowest BCUT2D eigenvalue weighted by atomic mass is 9.94. The Morgan fingerprint density at radius 3 is 2.62 bits per heavy atom. The molecule has 1 saturated heterocycles. The number of likely N-dealkylation sites (tertiary alicyclic amines) is 1. The summed E-state index contributed by atoms with van der Waals surface area (Å²) in [4.78, 5) is 14.3. The second-order valence-corrected chi connectivity index (χ2v) is 6.54. The van der Waals surface area contributed by atoms with Gasteiger partial charge in [0.05, 0.1) is 5.69 Å². The number of para-hydroxylation sites is 1. The summed E-state index contributed by atoms with van der Waals surface area (Å²) in [5, 5.41) is 3.39. The number of nitrogens with zero attached hydrogens (tertiary/aromatic N) is 1. The van der Waals surface area contributed by atoms with Gasteiger partial charge in [0, 0.05) is 24.0 Å². The summed E-state index contributed by atoms with van der Waals surface area (Å²) in [5.41, 5.74) is 1.40. The monoisotopic (exact) mass is 346 g/mol. The number of carbonyl (C=O) groups is 1. The van der Waals surface area contributed by atoms with Crippen molar-refractivity contribution in [2.24, 2.45) is 0 Å². The molecular formula is C19H20ClFN2O. The molecule has 1 aliphatic heterocycles. The first-order valence-corrected chi connectivity index (χ1v) is 8.57. The van der Waals surface area contributed by atoms with Gasteiger partial charge in [0.25, 0.3) is 0 Å². The SMILES string of the molecule is O=C(Nc1ccccc1F)N1CCCCC(c2ccc(Cl)cc2)C1. The highest BCUT2D eigenvalue weighted by molar-refractivity contribution is 6.30. The average molecular weight is 347 g/mol. The molecule has 1 unspecified atom stereocenters. The van der Waals surface area contributed by atoms with E-state index in [4.69, 9.17) is 11.6 Å². The Kier molecular flexibility index (Phi) is 5.36. The third kappa shape index (κ3) is 4.06. The molecule has 2 aromatic carbocycles. The number of carbonyl (C=O) groups excluding carboxylic acids is 1. The van der Waals surface area contributed by atoms with E-state index in [1.54, 1.807) is 23.1 Å². The second-order valence-electron chi connectivity index (χ2n) is 6.10. The van der Waals surface area contributed by atoms with Crippen molar-refractivity contribution in [2.45, 2.75) is 25.2 Å². The number of rotatable bonds is 2. The lowest BCUT2D eigenvalue weighted by molar-refractivity contribution is 0.211. The van der Waals surface area contributed by atoms with E-state index >= 15 is 0 Å². The smallest absolute Gasteiger partial charge is 0.321 e. The van der Waals surface area contributed by atoms with E-state index in [0.717, 1.165) is 19.3 Å². The van der Waals surface area contributed by atoms with Gasteiger partial charge >= 0.3 is 6.03 Å². The molecule has 0 bridgehead atoms. The summed E-state index contributed by atoms with van der Waals surface area (Å²) in [6.45, 7) is 1.31. The molecule has 1 fully saturated rings. The summed E-state index contributed by atoms with van der Waals surface area (Å²) in [7, 11) is 0. The minimum Gasteiger partial charge on any atom is -0.324 e. The number of anilines is 1. The van der Waals surface area contributed by atoms with Crippen LogP contribution in [0.15, 0.2) is 48.5 Å². The van der Waals surface area contributed by atoms with Gasteiger partial charge in [-0.25, -0.2) is 9.18 Å². The number of nitrogens with one attached hydrogen (secondary N) is 1. The molecule has 1 aliphatic rings. The molecule has 3 nitrogen and oxygen atoms in total. The predicted molar refractivity (Wildman–Crippen MR) is 95.0 cm³/mol. The van der Waals surface area contributed by atoms with Crippen molar-refractivity contribution in [3.63, 3.8) is 0 Å². The van der Waals surface area contributed by atoms with Crippen molar-refractivity contribution in [1.82, 2.24) is 4.90 Å². The zero-order valence-corrected chi connectivity index (χ0v) is 14.1. The van der Waals surface area contributed by atoms with E-state index < -0.39 is 5.82 Å². The molecule has 3 rings (SSSR count). The van der Waals surface area contributed by atoms with Gasteiger partial charge in [-0.05, 0) is 42.7 Å². The fourth-order valence-corrected chi connectivity index (χ4v) is 3.22. The van der Waals surface area contributed by atoms with Crippen molar-refractivity contribution < 1.29 is 9.18 Å². The van der Waals surface area contributed by atoms with E-state index in [1.807, 2.05) is 24.3 Å². The van der Waals surface area contributed by atoms with Crippen LogP contribution in [0.1, 0.15) is 30.7 Å². The van der Waals surface area contributed by atoms with Crippen LogP contribution in [0.4, 0.5) is 14.9 Å². The van der Waals surface area contributed by atoms with Crippen LogP contribution in [-0.2, 0) is 0 Å². The molecule has 5 heteroatoms. The fraction of sp³-hybridized carbons (Fsp3) is 0.316. The predicted octanol–water partition coefficient (Wildman–Crippen LogP) is 5.28. The standard InChI is InChI=1S/C19H20ClFN2O/c20-16-10-8-14(9-11-16)15-5-3-4-12-23(13-15)19(24)22-18-7-2-1-6-17(18)21/h1-2,6-11,15H,3-5,12-13H2,(H,22,24). The largest absolute Gasteiger partial charge is 0.324 e. The van der Waals surface area contributed by atoms with Crippen LogP contribution in [0.3, 0.4) is 0 Å². The van der Waals surface area contributed by atoms with Crippen LogP contribution in [0.25, 0.3) is 0 Å². The second kappa shape index (κ2) is 7.67. The maximum absolute atomic E-state index is 13.7. The Morgan fingerprint density at radius 2 is 1.88 bits per heavy atom. The molecule has 1 N–H and O–H groups in total. The molecule has 0 spiro atoms. The molecule has 0 aromatic heterocycles. The first kappa shape index (κ1) is 16.8. The van der Waals surface area contributed by atoms with Crippen LogP contribution in [0.2, 0.25) is 5.02 Å². The van der Waals surface area contributed by atoms with Gasteiger partial charge in [-0.2, -0.15) is 0 Å². The van der Waals surface area contributed by atoms with E-state index in [1.165, 1.54) is 11.6 Å². The molecule has 24 heavy (non-hydrogen) atoms. The summed E-state index contributed by atoms with van der Waals surface area (Å²) in [5.74, 6) is -0.147. The number of hydrogen-bond donors (Lipinski definition) is 1. The lowest BCUT2D eigenvalue weighted by Gasteiger charge is -2.25. The molecule has 0 radical (unpaired) electrons. The highest BCUT2D eigenvalue weighted by Gasteiger charge is 2.23. The van der Waals surface area contributed by atoms with Gasteiger partial charge in [-0.3, -0.25) is 0 Å². The number of halogens is 2. The number of urea groups is 1. The lowest BCUT2D eigenvalue weighted by Crippen LogP contribution is -2.37. The molecule has 0 saturated carbocycles. The van der Waals surface area contributed by atoms with Crippen LogP contribution in [0.5, 0.6) is 0 Å². The molecule has 1 atom stereocenters. The van der Waals surface area contributed by atoms with Crippen LogP contribution < -0.4 is 5.32 Å². The summed E-state index contributed by atoms with van der Waals surface area (Å²) < 4.78 is 13.7. The fourth-order valence-electron chi connectivity index (χ4n) is 3.09. The third-order valence-corrected chi connectivity index (χ3v) is 4.67. The van der Waals surface area contributed by atoms with Gasteiger partial charge in [0.1, 0.15) is 5.82 Å². The molecule has 2 amide bonds. The molecule has 126 valence electrons. The van der Waals surface area contributed by atoms with Gasteiger partial charge in [0.2, 0.25) is 0 Å². The van der Waals surface area contributed by atoms with Crippen LogP contribution in [0, 0.1) is 5.82 Å². The first-order chi connectivity index (χ1) is 11.6. The maximum Gasteiger partial charge on any atom is 0.321 e. The Balaban J connectivity index is 1.71. The zero-order valence-electron chi connectivity index (χ0n) is 13.3. The summed E-state index contributed by atoms with van der Waals surface area (Å²) >= 11 is 5.96. The number of hydrogen-bond acceptors (Lipinski definition) is 1. The first-order valence-electron chi connectivity index (χ1n) is 8.19. The van der Waals surface area contributed by atoms with Gasteiger partial charge in [0.15, 0.2) is 0 Å². The Bertz CT molecular complexity index is 705. The number of amides is 2. The summed E-state index contributed by atoms with van der Waals surface area (Å²) in [6, 6.07) is 13.8. The minimum atomic E-state index is -0.421. The average Bonchev–Trinajstić information content (AvgIpc) is 2.84. The zero-order chi connectivity index (χ0) is 16.9. The molecule has 1 heterocycles. The molecular weight excluding hydrogens is 327 g/mol. The highest BCUT2D eigenvalue weighted by Crippen LogP contribution is 2.28. The van der Waals surface area contributed by atoms with E-state index in [9.17, 15) is 9.18 Å². The van der Waals surface area contributed by atoms with Crippen LogP contribution in [-0.4, -0.2) is 24.0 Å². The van der Waals surface area contributed by atoms with Crippen molar-refractivity contribution >= 4 is 23.3 Å². The van der Waals surface area contributed by atoms with E-state index in [2.05, 4.69) is 5.32 Å². The van der Waals surface area contributed by atoms with Gasteiger partial charge in [-0.1, -0.05) is 42.3 Å². The van der Waals surface area contributed by atoms with E-state index in [-0.39, 0.29) is 17.6 Å². The topological polar surface area (TPSA) is 32.3 Å². The Morgan fingerprint density at radius 1 is 1.12 bits per heavy atom. The summed E-state index contributed by atoms with van der Waals surface area (Å²) in [6.07, 6.45) is 3.05. The highest BCUT2D eigenvalue weighted by atomic mass is 35.5. The van der Waals surface area contributed by atoms with Crippen LogP contribution >= 0.6 is 11.6 Å². The van der Waals surface area contributed by atoms with Crippen molar-refractivity contribution in [1.29, 1.82) is 0 Å². The minimum absolute atomic E-state index is 0.217. The quantitative estimate of drug-likeness (QED) is 0.788. The van der Waals surface area contributed by atoms with Crippen molar-refractivity contribution in [3.8, 4) is 0 Å². The normalized spacial score (nSPS) is 18.1. The van der Waals surface area contributed by atoms with E-state index in [0.29, 0.717) is 18.1 Å². The Hall–Kier alpha value is -2.07.